The average molecular weight is 389 g/mol. The number of rotatable bonds is 4. The molecule has 0 saturated carbocycles. The lowest BCUT2D eigenvalue weighted by Crippen LogP contribution is -2.33. The van der Waals surface area contributed by atoms with Crippen LogP contribution in [0.2, 0.25) is 5.02 Å². The van der Waals surface area contributed by atoms with Crippen LogP contribution in [0.15, 0.2) is 18.2 Å². The van der Waals surface area contributed by atoms with Crippen LogP contribution < -0.4 is 10.1 Å². The number of piperidine rings is 1. The highest BCUT2D eigenvalue weighted by atomic mass is 35.5. The normalized spacial score (nSPS) is 18.6. The molecule has 146 valence electrons. The predicted molar refractivity (Wildman–Crippen MR) is 111 cm³/mol. The highest BCUT2D eigenvalue weighted by Gasteiger charge is 2.29. The summed E-state index contributed by atoms with van der Waals surface area (Å²) in [5, 5.41) is 9.45. The van der Waals surface area contributed by atoms with Crippen molar-refractivity contribution in [2.75, 3.05) is 38.6 Å². The summed E-state index contributed by atoms with van der Waals surface area (Å²) in [5.41, 5.74) is 3.58. The van der Waals surface area contributed by atoms with Gasteiger partial charge >= 0.3 is 0 Å². The first kappa shape index (κ1) is 18.6. The SMILES string of the molecule is CCN1CCC(c2nn(-c3cc(Cl)ccc3OC)c3c2CCCCN3)CC1. The minimum atomic E-state index is 0.535. The van der Waals surface area contributed by atoms with E-state index in [4.69, 9.17) is 21.4 Å². The van der Waals surface area contributed by atoms with E-state index < -0.39 is 0 Å². The molecule has 0 aliphatic carbocycles. The highest BCUT2D eigenvalue weighted by molar-refractivity contribution is 6.30. The van der Waals surface area contributed by atoms with Crippen molar-refractivity contribution in [3.05, 3.63) is 34.5 Å². The van der Waals surface area contributed by atoms with Gasteiger partial charge < -0.3 is 15.0 Å². The fourth-order valence-electron chi connectivity index (χ4n) is 4.38. The van der Waals surface area contributed by atoms with Gasteiger partial charge in [0, 0.05) is 23.0 Å². The Morgan fingerprint density at radius 3 is 2.81 bits per heavy atom. The second-order valence-corrected chi connectivity index (χ2v) is 7.97. The Balaban J connectivity index is 1.77. The van der Waals surface area contributed by atoms with Crippen LogP contribution in [0.4, 0.5) is 5.82 Å². The van der Waals surface area contributed by atoms with Crippen molar-refractivity contribution in [2.45, 2.75) is 44.9 Å². The van der Waals surface area contributed by atoms with E-state index in [0.29, 0.717) is 10.9 Å². The van der Waals surface area contributed by atoms with Crippen molar-refractivity contribution in [2.24, 2.45) is 0 Å². The van der Waals surface area contributed by atoms with Gasteiger partial charge in [0.2, 0.25) is 0 Å². The molecule has 1 aromatic carbocycles. The molecular formula is C21H29ClN4O. The Morgan fingerprint density at radius 2 is 2.07 bits per heavy atom. The predicted octanol–water partition coefficient (Wildman–Crippen LogP) is 4.48. The minimum Gasteiger partial charge on any atom is -0.494 e. The van der Waals surface area contributed by atoms with Crippen LogP contribution >= 0.6 is 11.6 Å². The quantitative estimate of drug-likeness (QED) is 0.838. The summed E-state index contributed by atoms with van der Waals surface area (Å²) >= 11 is 6.30. The Labute approximate surface area is 166 Å². The fraction of sp³-hybridized carbons (Fsp3) is 0.571. The number of fused-ring (bicyclic) bond motifs is 1. The molecule has 0 atom stereocenters. The lowest BCUT2D eigenvalue weighted by atomic mass is 9.90. The van der Waals surface area contributed by atoms with E-state index in [9.17, 15) is 0 Å². The summed E-state index contributed by atoms with van der Waals surface area (Å²) in [4.78, 5) is 2.53. The van der Waals surface area contributed by atoms with Crippen molar-refractivity contribution in [3.8, 4) is 11.4 Å². The third-order valence-electron chi connectivity index (χ3n) is 5.95. The lowest BCUT2D eigenvalue weighted by molar-refractivity contribution is 0.220. The first-order chi connectivity index (χ1) is 13.2. The van der Waals surface area contributed by atoms with Crippen molar-refractivity contribution in [3.63, 3.8) is 0 Å². The number of likely N-dealkylation sites (tertiary alicyclic amines) is 1. The zero-order chi connectivity index (χ0) is 18.8. The summed E-state index contributed by atoms with van der Waals surface area (Å²) in [5.74, 6) is 2.46. The van der Waals surface area contributed by atoms with Crippen molar-refractivity contribution < 1.29 is 4.74 Å². The molecule has 1 saturated heterocycles. The molecule has 2 aliphatic heterocycles. The van der Waals surface area contributed by atoms with E-state index in [-0.39, 0.29) is 0 Å². The van der Waals surface area contributed by atoms with E-state index in [1.807, 2.05) is 22.9 Å². The molecule has 3 heterocycles. The van der Waals surface area contributed by atoms with Crippen LogP contribution in [-0.2, 0) is 6.42 Å². The maximum atomic E-state index is 6.30. The Kier molecular flexibility index (Phi) is 5.60. The molecule has 0 bridgehead atoms. The number of hydrogen-bond donors (Lipinski definition) is 1. The van der Waals surface area contributed by atoms with Gasteiger partial charge in [-0.05, 0) is 69.9 Å². The summed E-state index contributed by atoms with van der Waals surface area (Å²) in [6.07, 6.45) is 5.86. The molecule has 6 heteroatoms. The number of hydrogen-bond acceptors (Lipinski definition) is 4. The Morgan fingerprint density at radius 1 is 1.26 bits per heavy atom. The lowest BCUT2D eigenvalue weighted by Gasteiger charge is -2.30. The van der Waals surface area contributed by atoms with E-state index in [1.54, 1.807) is 7.11 Å². The van der Waals surface area contributed by atoms with Gasteiger partial charge in [0.15, 0.2) is 0 Å². The zero-order valence-corrected chi connectivity index (χ0v) is 17.1. The summed E-state index contributed by atoms with van der Waals surface area (Å²) in [6.45, 7) is 6.69. The van der Waals surface area contributed by atoms with Crippen LogP contribution in [0.1, 0.15) is 49.8 Å². The maximum Gasteiger partial charge on any atom is 0.144 e. The minimum absolute atomic E-state index is 0.535. The number of halogens is 1. The summed E-state index contributed by atoms with van der Waals surface area (Å²) in [7, 11) is 1.70. The molecule has 1 N–H and O–H groups in total. The van der Waals surface area contributed by atoms with Crippen LogP contribution in [-0.4, -0.2) is 48.0 Å². The van der Waals surface area contributed by atoms with Gasteiger partial charge in [-0.25, -0.2) is 4.68 Å². The van der Waals surface area contributed by atoms with Crippen LogP contribution in [0.25, 0.3) is 5.69 Å². The average Bonchev–Trinajstić information content (AvgIpc) is 2.88. The van der Waals surface area contributed by atoms with Gasteiger partial charge in [-0.15, -0.1) is 0 Å². The largest absolute Gasteiger partial charge is 0.494 e. The van der Waals surface area contributed by atoms with Gasteiger partial charge in [0.1, 0.15) is 17.3 Å². The molecule has 5 nitrogen and oxygen atoms in total. The molecule has 2 aliphatic rings. The summed E-state index contributed by atoms with van der Waals surface area (Å²) in [6, 6.07) is 5.73. The molecule has 27 heavy (non-hydrogen) atoms. The van der Waals surface area contributed by atoms with Crippen molar-refractivity contribution in [1.29, 1.82) is 0 Å². The standard InChI is InChI=1S/C21H29ClN4O/c1-3-25-12-9-15(10-13-25)20-17-6-4-5-11-23-21(17)26(24-20)18-14-16(22)7-8-19(18)27-2/h7-8,14-15,23H,3-6,9-13H2,1-2H3. The monoisotopic (exact) mass is 388 g/mol. The number of nitrogens with one attached hydrogen (secondary N) is 1. The number of nitrogens with zero attached hydrogens (tertiary/aromatic N) is 3. The van der Waals surface area contributed by atoms with Gasteiger partial charge in [-0.3, -0.25) is 0 Å². The maximum absolute atomic E-state index is 6.30. The van der Waals surface area contributed by atoms with Crippen molar-refractivity contribution >= 4 is 17.4 Å². The van der Waals surface area contributed by atoms with Crippen LogP contribution in [0.5, 0.6) is 5.75 Å². The topological polar surface area (TPSA) is 42.3 Å². The van der Waals surface area contributed by atoms with E-state index in [1.165, 1.54) is 36.9 Å². The molecule has 1 fully saturated rings. The molecule has 1 aromatic heterocycles. The summed E-state index contributed by atoms with van der Waals surface area (Å²) < 4.78 is 7.64. The molecule has 0 spiro atoms. The van der Waals surface area contributed by atoms with Gasteiger partial charge in [0.05, 0.1) is 12.8 Å². The number of methoxy groups -OCH3 is 1. The molecule has 0 unspecified atom stereocenters. The second-order valence-electron chi connectivity index (χ2n) is 7.53. The number of anilines is 1. The fourth-order valence-corrected chi connectivity index (χ4v) is 4.55. The van der Waals surface area contributed by atoms with Crippen molar-refractivity contribution in [1.82, 2.24) is 14.7 Å². The molecule has 2 aromatic rings. The smallest absolute Gasteiger partial charge is 0.144 e. The third-order valence-corrected chi connectivity index (χ3v) is 6.19. The Bertz CT molecular complexity index is 796. The second kappa shape index (κ2) is 8.11. The molecule has 4 rings (SSSR count). The van der Waals surface area contributed by atoms with Gasteiger partial charge in [0.25, 0.3) is 0 Å². The molecule has 0 amide bonds. The van der Waals surface area contributed by atoms with Crippen LogP contribution in [0, 0.1) is 0 Å². The van der Waals surface area contributed by atoms with E-state index in [2.05, 4.69) is 17.1 Å². The van der Waals surface area contributed by atoms with E-state index in [0.717, 1.165) is 49.9 Å². The zero-order valence-electron chi connectivity index (χ0n) is 16.3. The highest BCUT2D eigenvalue weighted by Crippen LogP contribution is 2.38. The number of aromatic nitrogens is 2. The number of ether oxygens (including phenoxy) is 1. The molecule has 0 radical (unpaired) electrons. The Hall–Kier alpha value is -1.72. The number of benzene rings is 1. The molecular weight excluding hydrogens is 360 g/mol. The van der Waals surface area contributed by atoms with Gasteiger partial charge in [-0.2, -0.15) is 5.10 Å². The third kappa shape index (κ3) is 3.67. The van der Waals surface area contributed by atoms with Gasteiger partial charge in [-0.1, -0.05) is 18.5 Å². The first-order valence-electron chi connectivity index (χ1n) is 10.1. The van der Waals surface area contributed by atoms with Crippen LogP contribution in [0.3, 0.4) is 0 Å². The van der Waals surface area contributed by atoms with E-state index >= 15 is 0 Å². The first-order valence-corrected chi connectivity index (χ1v) is 10.5.